The molecule has 176 valence electrons. The molecule has 1 saturated heterocycles. The highest BCUT2D eigenvalue weighted by molar-refractivity contribution is 7.89. The van der Waals surface area contributed by atoms with Gasteiger partial charge in [-0.25, -0.2) is 18.0 Å². The number of primary amides is 1. The highest BCUT2D eigenvalue weighted by Gasteiger charge is 2.29. The van der Waals surface area contributed by atoms with Crippen LogP contribution in [0.15, 0.2) is 29.2 Å². The first-order chi connectivity index (χ1) is 15.0. The molecule has 1 aliphatic rings. The number of urea groups is 1. The van der Waals surface area contributed by atoms with Crippen LogP contribution in [0.4, 0.5) is 4.79 Å². The molecule has 0 bridgehead atoms. The largest absolute Gasteiger partial charge is 0.454 e. The number of hydrogen-bond donors (Lipinski definition) is 3. The third-order valence-electron chi connectivity index (χ3n) is 4.52. The monoisotopic (exact) mass is 470 g/mol. The van der Waals surface area contributed by atoms with Crippen molar-refractivity contribution in [3.63, 3.8) is 0 Å². The molecule has 0 aromatic heterocycles. The average Bonchev–Trinajstić information content (AvgIpc) is 2.75. The SMILES string of the molecule is CC(C)[C@H](NC(=O)c1cccc(S(=O)(=O)N2CCOCC2)c1)C(=O)OCC(=O)NC(N)=O. The molecule has 0 saturated carbocycles. The molecule has 32 heavy (non-hydrogen) atoms. The van der Waals surface area contributed by atoms with Gasteiger partial charge in [0.05, 0.1) is 18.1 Å². The van der Waals surface area contributed by atoms with E-state index in [1.54, 1.807) is 19.2 Å². The maximum Gasteiger partial charge on any atom is 0.329 e. The number of nitrogens with one attached hydrogen (secondary N) is 2. The van der Waals surface area contributed by atoms with Gasteiger partial charge in [-0.3, -0.25) is 14.9 Å². The predicted molar refractivity (Wildman–Crippen MR) is 111 cm³/mol. The molecule has 0 radical (unpaired) electrons. The minimum atomic E-state index is -3.81. The zero-order valence-electron chi connectivity index (χ0n) is 17.7. The number of ether oxygens (including phenoxy) is 2. The maximum atomic E-state index is 12.8. The van der Waals surface area contributed by atoms with E-state index in [2.05, 4.69) is 5.32 Å². The number of nitrogens with zero attached hydrogens (tertiary/aromatic N) is 1. The fourth-order valence-corrected chi connectivity index (χ4v) is 4.31. The van der Waals surface area contributed by atoms with Gasteiger partial charge in [-0.15, -0.1) is 0 Å². The number of carbonyl (C=O) groups is 4. The Kier molecular flexibility index (Phi) is 8.69. The second-order valence-electron chi connectivity index (χ2n) is 7.26. The average molecular weight is 471 g/mol. The van der Waals surface area contributed by atoms with Crippen LogP contribution in [0.1, 0.15) is 24.2 Å². The first-order valence-electron chi connectivity index (χ1n) is 9.77. The van der Waals surface area contributed by atoms with Gasteiger partial charge in [-0.05, 0) is 24.1 Å². The Morgan fingerprint density at radius 1 is 1.19 bits per heavy atom. The predicted octanol–water partition coefficient (Wildman–Crippen LogP) is -0.800. The van der Waals surface area contributed by atoms with E-state index in [4.69, 9.17) is 15.2 Å². The summed E-state index contributed by atoms with van der Waals surface area (Å²) in [5.74, 6) is -2.92. The van der Waals surface area contributed by atoms with Crippen LogP contribution >= 0.6 is 0 Å². The van der Waals surface area contributed by atoms with Gasteiger partial charge in [0, 0.05) is 18.7 Å². The van der Waals surface area contributed by atoms with Crippen molar-refractivity contribution in [2.75, 3.05) is 32.9 Å². The molecule has 12 nitrogen and oxygen atoms in total. The molecule has 1 fully saturated rings. The molecule has 1 aromatic carbocycles. The zero-order chi connectivity index (χ0) is 23.9. The summed E-state index contributed by atoms with van der Waals surface area (Å²) in [6.45, 7) is 3.54. The molecule has 1 aromatic rings. The van der Waals surface area contributed by atoms with Crippen molar-refractivity contribution >= 4 is 33.8 Å². The van der Waals surface area contributed by atoms with Crippen LogP contribution in [0, 0.1) is 5.92 Å². The number of morpholine rings is 1. The van der Waals surface area contributed by atoms with Gasteiger partial charge >= 0.3 is 12.0 Å². The van der Waals surface area contributed by atoms with E-state index in [0.717, 1.165) is 0 Å². The zero-order valence-corrected chi connectivity index (χ0v) is 18.5. The van der Waals surface area contributed by atoms with Gasteiger partial charge in [0.15, 0.2) is 6.61 Å². The van der Waals surface area contributed by atoms with Crippen molar-refractivity contribution in [2.45, 2.75) is 24.8 Å². The highest BCUT2D eigenvalue weighted by atomic mass is 32.2. The quantitative estimate of drug-likeness (QED) is 0.414. The topological polar surface area (TPSA) is 174 Å². The summed E-state index contributed by atoms with van der Waals surface area (Å²) in [6, 6.07) is 3.24. The Labute approximate surface area is 185 Å². The molecule has 0 unspecified atom stereocenters. The lowest BCUT2D eigenvalue weighted by atomic mass is 10.0. The number of benzene rings is 1. The summed E-state index contributed by atoms with van der Waals surface area (Å²) in [5.41, 5.74) is 4.84. The number of esters is 1. The molecule has 13 heteroatoms. The number of nitrogens with two attached hydrogens (primary N) is 1. The first-order valence-corrected chi connectivity index (χ1v) is 11.2. The van der Waals surface area contributed by atoms with Crippen molar-refractivity contribution in [1.29, 1.82) is 0 Å². The Morgan fingerprint density at radius 3 is 2.44 bits per heavy atom. The smallest absolute Gasteiger partial charge is 0.329 e. The Balaban J connectivity index is 2.10. The van der Waals surface area contributed by atoms with Crippen molar-refractivity contribution in [1.82, 2.24) is 14.9 Å². The van der Waals surface area contributed by atoms with Crippen molar-refractivity contribution in [3.8, 4) is 0 Å². The van der Waals surface area contributed by atoms with E-state index >= 15 is 0 Å². The highest BCUT2D eigenvalue weighted by Crippen LogP contribution is 2.18. The van der Waals surface area contributed by atoms with E-state index in [1.807, 2.05) is 0 Å². The van der Waals surface area contributed by atoms with Crippen LogP contribution in [0.2, 0.25) is 0 Å². The number of sulfonamides is 1. The lowest BCUT2D eigenvalue weighted by Crippen LogP contribution is -2.46. The van der Waals surface area contributed by atoms with Crippen LogP contribution in [0.25, 0.3) is 0 Å². The molecule has 0 spiro atoms. The summed E-state index contributed by atoms with van der Waals surface area (Å²) >= 11 is 0. The maximum absolute atomic E-state index is 12.8. The van der Waals surface area contributed by atoms with E-state index < -0.39 is 52.4 Å². The molecule has 1 atom stereocenters. The van der Waals surface area contributed by atoms with Crippen molar-refractivity contribution in [2.24, 2.45) is 11.7 Å². The summed E-state index contributed by atoms with van der Waals surface area (Å²) in [4.78, 5) is 47.0. The number of rotatable bonds is 8. The summed E-state index contributed by atoms with van der Waals surface area (Å²) in [6.07, 6.45) is 0. The Bertz CT molecular complexity index is 973. The van der Waals surface area contributed by atoms with Gasteiger partial charge in [0.2, 0.25) is 10.0 Å². The second-order valence-corrected chi connectivity index (χ2v) is 9.20. The van der Waals surface area contributed by atoms with Crippen molar-refractivity contribution in [3.05, 3.63) is 29.8 Å². The lowest BCUT2D eigenvalue weighted by molar-refractivity contribution is -0.151. The molecule has 1 aliphatic heterocycles. The van der Waals surface area contributed by atoms with Crippen molar-refractivity contribution < 1.29 is 37.1 Å². The van der Waals surface area contributed by atoms with Gasteiger partial charge in [0.25, 0.3) is 11.8 Å². The number of carbonyl (C=O) groups excluding carboxylic acids is 4. The fraction of sp³-hybridized carbons (Fsp3) is 0.474. The fourth-order valence-electron chi connectivity index (χ4n) is 2.86. The van der Waals surface area contributed by atoms with E-state index in [1.165, 1.54) is 28.6 Å². The van der Waals surface area contributed by atoms with E-state index in [9.17, 15) is 27.6 Å². The Hall–Kier alpha value is -3.03. The third-order valence-corrected chi connectivity index (χ3v) is 6.41. The normalized spacial score (nSPS) is 15.6. The second kappa shape index (κ2) is 11.0. The van der Waals surface area contributed by atoms with Gasteiger partial charge in [-0.2, -0.15) is 4.31 Å². The molecule has 0 aliphatic carbocycles. The van der Waals surface area contributed by atoms with E-state index in [-0.39, 0.29) is 36.8 Å². The third kappa shape index (κ3) is 6.73. The number of amides is 4. The standard InChI is InChI=1S/C19H26N4O8S/c1-12(2)16(18(26)31-11-15(24)21-19(20)27)22-17(25)13-4-3-5-14(10-13)32(28,29)23-6-8-30-9-7-23/h3-5,10,12,16H,6-9,11H2,1-2H3,(H,22,25)(H3,20,21,24,27)/t16-/m0/s1. The number of imide groups is 1. The molecular formula is C19H26N4O8S. The molecule has 1 heterocycles. The van der Waals surface area contributed by atoms with Crippen LogP contribution in [-0.2, 0) is 29.1 Å². The Morgan fingerprint density at radius 2 is 1.84 bits per heavy atom. The first kappa shape index (κ1) is 25.2. The van der Waals surface area contributed by atoms with Crippen LogP contribution < -0.4 is 16.4 Å². The van der Waals surface area contributed by atoms with Crippen LogP contribution in [-0.4, -0.2) is 75.5 Å². The molecule has 2 rings (SSSR count). The van der Waals surface area contributed by atoms with E-state index in [0.29, 0.717) is 0 Å². The summed E-state index contributed by atoms with van der Waals surface area (Å²) in [5, 5.41) is 4.24. The molecule has 4 N–H and O–H groups in total. The minimum Gasteiger partial charge on any atom is -0.454 e. The summed E-state index contributed by atoms with van der Waals surface area (Å²) in [7, 11) is -3.81. The summed E-state index contributed by atoms with van der Waals surface area (Å²) < 4.78 is 36.9. The van der Waals surface area contributed by atoms with Gasteiger partial charge < -0.3 is 20.5 Å². The lowest BCUT2D eigenvalue weighted by Gasteiger charge is -2.26. The van der Waals surface area contributed by atoms with Crippen LogP contribution in [0.3, 0.4) is 0 Å². The molecular weight excluding hydrogens is 444 g/mol. The van der Waals surface area contributed by atoms with Gasteiger partial charge in [-0.1, -0.05) is 19.9 Å². The number of hydrogen-bond acceptors (Lipinski definition) is 8. The minimum absolute atomic E-state index is 0.0317. The van der Waals surface area contributed by atoms with Gasteiger partial charge in [0.1, 0.15) is 6.04 Å². The van der Waals surface area contributed by atoms with Crippen LogP contribution in [0.5, 0.6) is 0 Å². The molecule has 4 amide bonds.